The predicted molar refractivity (Wildman–Crippen MR) is 88.1 cm³/mol. The first kappa shape index (κ1) is 16.5. The molecule has 1 aliphatic rings. The molecule has 1 fully saturated rings. The van der Waals surface area contributed by atoms with E-state index in [0.29, 0.717) is 11.4 Å². The van der Waals surface area contributed by atoms with Crippen LogP contribution in [0.15, 0.2) is 24.3 Å². The highest BCUT2D eigenvalue weighted by atomic mass is 35.5. The number of halogens is 1. The highest BCUT2D eigenvalue weighted by molar-refractivity contribution is 6.31. The number of benzene rings is 1. The maximum atomic E-state index is 12.2. The van der Waals surface area contributed by atoms with Gasteiger partial charge in [0.15, 0.2) is 5.78 Å². The van der Waals surface area contributed by atoms with Gasteiger partial charge in [-0.2, -0.15) is 0 Å². The van der Waals surface area contributed by atoms with Crippen LogP contribution >= 0.6 is 11.6 Å². The molecule has 116 valence electrons. The number of rotatable bonds is 6. The minimum atomic E-state index is 0.188. The summed E-state index contributed by atoms with van der Waals surface area (Å²) in [4.78, 5) is 16.8. The molecule has 0 spiro atoms. The zero-order valence-corrected chi connectivity index (χ0v) is 13.8. The Labute approximate surface area is 132 Å². The van der Waals surface area contributed by atoms with Gasteiger partial charge in [-0.3, -0.25) is 4.79 Å². The monoisotopic (exact) mass is 308 g/mol. The van der Waals surface area contributed by atoms with Crippen LogP contribution in [0.25, 0.3) is 0 Å². The summed E-state index contributed by atoms with van der Waals surface area (Å²) in [6.07, 6.45) is 3.06. The fourth-order valence-corrected chi connectivity index (χ4v) is 3.17. The van der Waals surface area contributed by atoms with Gasteiger partial charge in [0, 0.05) is 30.1 Å². The average Bonchev–Trinajstić information content (AvgIpc) is 2.45. The zero-order valence-electron chi connectivity index (χ0n) is 13.0. The average molecular weight is 309 g/mol. The molecular formula is C17H25ClN2O. The number of Topliss-reactive ketones (excluding diaryl/α,β-unsaturated/α-hetero) is 1. The lowest BCUT2D eigenvalue weighted by molar-refractivity contribution is 0.0947. The molecule has 0 atom stereocenters. The number of carbonyl (C=O) groups is 1. The lowest BCUT2D eigenvalue weighted by atomic mass is 9.96. The van der Waals surface area contributed by atoms with E-state index in [1.165, 1.54) is 19.4 Å². The van der Waals surface area contributed by atoms with E-state index in [9.17, 15) is 4.79 Å². The molecule has 0 radical (unpaired) electrons. The van der Waals surface area contributed by atoms with Crippen LogP contribution in [0.3, 0.4) is 0 Å². The van der Waals surface area contributed by atoms with Gasteiger partial charge in [0.1, 0.15) is 0 Å². The molecule has 1 heterocycles. The summed E-state index contributed by atoms with van der Waals surface area (Å²) in [5.41, 5.74) is 0.727. The SMILES string of the molecule is CN(C)CC1CCN(CCC(=O)c2cccc(Cl)c2)CC1. The Balaban J connectivity index is 1.73. The lowest BCUT2D eigenvalue weighted by Gasteiger charge is -2.33. The van der Waals surface area contributed by atoms with Crippen molar-refractivity contribution in [3.63, 3.8) is 0 Å². The van der Waals surface area contributed by atoms with Crippen LogP contribution in [-0.4, -0.2) is 55.9 Å². The van der Waals surface area contributed by atoms with Crippen LogP contribution in [0.4, 0.5) is 0 Å². The number of piperidine rings is 1. The molecule has 1 saturated heterocycles. The number of hydrogen-bond donors (Lipinski definition) is 0. The highest BCUT2D eigenvalue weighted by Gasteiger charge is 2.20. The van der Waals surface area contributed by atoms with Gasteiger partial charge in [-0.15, -0.1) is 0 Å². The third-order valence-electron chi connectivity index (χ3n) is 4.13. The normalized spacial score (nSPS) is 17.3. The third kappa shape index (κ3) is 5.42. The highest BCUT2D eigenvalue weighted by Crippen LogP contribution is 2.18. The van der Waals surface area contributed by atoms with Gasteiger partial charge in [0.05, 0.1) is 0 Å². The fourth-order valence-electron chi connectivity index (χ4n) is 2.97. The summed E-state index contributed by atoms with van der Waals surface area (Å²) < 4.78 is 0. The number of nitrogens with zero attached hydrogens (tertiary/aromatic N) is 2. The molecule has 21 heavy (non-hydrogen) atoms. The molecule has 1 aliphatic heterocycles. The van der Waals surface area contributed by atoms with Crippen molar-refractivity contribution in [2.45, 2.75) is 19.3 Å². The summed E-state index contributed by atoms with van der Waals surface area (Å²) in [5, 5.41) is 0.630. The van der Waals surface area contributed by atoms with Crippen molar-refractivity contribution < 1.29 is 4.79 Å². The van der Waals surface area contributed by atoms with Gasteiger partial charge in [0.2, 0.25) is 0 Å². The maximum Gasteiger partial charge on any atom is 0.164 e. The molecule has 0 unspecified atom stereocenters. The molecule has 0 bridgehead atoms. The van der Waals surface area contributed by atoms with E-state index >= 15 is 0 Å². The third-order valence-corrected chi connectivity index (χ3v) is 4.37. The van der Waals surface area contributed by atoms with Crippen molar-refractivity contribution >= 4 is 17.4 Å². The van der Waals surface area contributed by atoms with Gasteiger partial charge in [-0.25, -0.2) is 0 Å². The van der Waals surface area contributed by atoms with Crippen molar-refractivity contribution in [3.8, 4) is 0 Å². The Morgan fingerprint density at radius 2 is 2.05 bits per heavy atom. The van der Waals surface area contributed by atoms with Crippen molar-refractivity contribution in [2.75, 3.05) is 40.3 Å². The van der Waals surface area contributed by atoms with E-state index < -0.39 is 0 Å². The molecule has 2 rings (SSSR count). The fraction of sp³-hybridized carbons (Fsp3) is 0.588. The van der Waals surface area contributed by atoms with Gasteiger partial charge >= 0.3 is 0 Å². The Kier molecular flexibility index (Phi) is 6.22. The van der Waals surface area contributed by atoms with E-state index in [4.69, 9.17) is 11.6 Å². The minimum Gasteiger partial charge on any atom is -0.309 e. The number of carbonyl (C=O) groups excluding carboxylic acids is 1. The summed E-state index contributed by atoms with van der Waals surface area (Å²) in [5.74, 6) is 0.993. The number of likely N-dealkylation sites (tertiary alicyclic amines) is 1. The molecule has 0 aliphatic carbocycles. The van der Waals surface area contributed by atoms with Crippen LogP contribution in [0.1, 0.15) is 29.6 Å². The molecule has 0 amide bonds. The first-order chi connectivity index (χ1) is 10.0. The van der Waals surface area contributed by atoms with E-state index in [2.05, 4.69) is 23.9 Å². The quantitative estimate of drug-likeness (QED) is 0.754. The van der Waals surface area contributed by atoms with Crippen LogP contribution in [0, 0.1) is 5.92 Å². The summed E-state index contributed by atoms with van der Waals surface area (Å²) >= 11 is 5.93. The Bertz CT molecular complexity index is 468. The van der Waals surface area contributed by atoms with E-state index in [1.807, 2.05) is 12.1 Å². The minimum absolute atomic E-state index is 0.188. The predicted octanol–water partition coefficient (Wildman–Crippen LogP) is 3.19. The molecule has 0 aromatic heterocycles. The van der Waals surface area contributed by atoms with Gasteiger partial charge in [-0.05, 0) is 58.1 Å². The standard InChI is InChI=1S/C17H25ClN2O/c1-19(2)13-14-6-9-20(10-7-14)11-8-17(21)15-4-3-5-16(18)12-15/h3-5,12,14H,6-11,13H2,1-2H3. The summed E-state index contributed by atoms with van der Waals surface area (Å²) in [6, 6.07) is 7.24. The molecule has 1 aromatic carbocycles. The van der Waals surface area contributed by atoms with Gasteiger partial charge in [-0.1, -0.05) is 23.7 Å². The van der Waals surface area contributed by atoms with Crippen molar-refractivity contribution in [1.29, 1.82) is 0 Å². The van der Waals surface area contributed by atoms with Crippen molar-refractivity contribution in [2.24, 2.45) is 5.92 Å². The topological polar surface area (TPSA) is 23.6 Å². The van der Waals surface area contributed by atoms with E-state index in [-0.39, 0.29) is 5.78 Å². The Morgan fingerprint density at radius 3 is 2.67 bits per heavy atom. The van der Waals surface area contributed by atoms with Crippen molar-refractivity contribution in [3.05, 3.63) is 34.9 Å². The summed E-state index contributed by atoms with van der Waals surface area (Å²) in [7, 11) is 4.27. The van der Waals surface area contributed by atoms with Crippen LogP contribution in [-0.2, 0) is 0 Å². The molecule has 3 nitrogen and oxygen atoms in total. The second-order valence-corrected chi connectivity index (χ2v) is 6.67. The molecule has 1 aromatic rings. The second kappa shape index (κ2) is 7.92. The first-order valence-corrected chi connectivity index (χ1v) is 8.08. The largest absolute Gasteiger partial charge is 0.309 e. The molecule has 4 heteroatoms. The van der Waals surface area contributed by atoms with Crippen LogP contribution < -0.4 is 0 Å². The number of ketones is 1. The lowest BCUT2D eigenvalue weighted by Crippen LogP contribution is -2.38. The van der Waals surface area contributed by atoms with Gasteiger partial charge in [0.25, 0.3) is 0 Å². The second-order valence-electron chi connectivity index (χ2n) is 6.23. The molecule has 0 N–H and O–H groups in total. The van der Waals surface area contributed by atoms with Crippen LogP contribution in [0.2, 0.25) is 5.02 Å². The zero-order chi connectivity index (χ0) is 15.2. The van der Waals surface area contributed by atoms with Crippen molar-refractivity contribution in [1.82, 2.24) is 9.80 Å². The smallest absolute Gasteiger partial charge is 0.164 e. The maximum absolute atomic E-state index is 12.2. The Hall–Kier alpha value is -0.900. The summed E-state index contributed by atoms with van der Waals surface area (Å²) in [6.45, 7) is 4.26. The van der Waals surface area contributed by atoms with E-state index in [0.717, 1.165) is 31.1 Å². The van der Waals surface area contributed by atoms with Gasteiger partial charge < -0.3 is 9.80 Å². The number of hydrogen-bond acceptors (Lipinski definition) is 3. The molecule has 0 saturated carbocycles. The first-order valence-electron chi connectivity index (χ1n) is 7.70. The Morgan fingerprint density at radius 1 is 1.33 bits per heavy atom. The van der Waals surface area contributed by atoms with Crippen LogP contribution in [0.5, 0.6) is 0 Å². The molecular weight excluding hydrogens is 284 g/mol. The van der Waals surface area contributed by atoms with E-state index in [1.54, 1.807) is 12.1 Å².